The topological polar surface area (TPSA) is 50.4 Å². The number of nitrogens with one attached hydrogen (secondary N) is 2. The molecule has 0 unspecified atom stereocenters. The van der Waals surface area contributed by atoms with E-state index in [-0.39, 0.29) is 17.4 Å². The van der Waals surface area contributed by atoms with Crippen molar-refractivity contribution in [1.82, 2.24) is 10.6 Å². The van der Waals surface area contributed by atoms with E-state index in [1.807, 2.05) is 57.2 Å². The zero-order valence-electron chi connectivity index (χ0n) is 14.1. The first kappa shape index (κ1) is 18.7. The van der Waals surface area contributed by atoms with Crippen LogP contribution in [-0.4, -0.2) is 24.2 Å². The molecule has 0 saturated carbocycles. The summed E-state index contributed by atoms with van der Waals surface area (Å²) in [4.78, 5) is 12.4. The third-order valence-electron chi connectivity index (χ3n) is 3.61. The minimum atomic E-state index is -0.368. The highest BCUT2D eigenvalue weighted by Crippen LogP contribution is 2.30. The van der Waals surface area contributed by atoms with Crippen LogP contribution in [0.5, 0.6) is 0 Å². The molecule has 0 bridgehead atoms. The Bertz CT molecular complexity index is 703. The number of methoxy groups -OCH3 is 1. The largest absolute Gasteiger partial charge is 0.466 e. The van der Waals surface area contributed by atoms with Crippen LogP contribution in [0.2, 0.25) is 0 Å². The van der Waals surface area contributed by atoms with Gasteiger partial charge in [0.2, 0.25) is 0 Å². The lowest BCUT2D eigenvalue weighted by Gasteiger charge is -2.35. The van der Waals surface area contributed by atoms with E-state index in [9.17, 15) is 4.79 Å². The van der Waals surface area contributed by atoms with Crippen LogP contribution < -0.4 is 10.6 Å². The molecular formula is C18H21BrN2O2S. The van der Waals surface area contributed by atoms with Gasteiger partial charge in [0.05, 0.1) is 18.7 Å². The lowest BCUT2D eigenvalue weighted by atomic mass is 9.85. The molecule has 128 valence electrons. The van der Waals surface area contributed by atoms with Crippen LogP contribution in [0, 0.1) is 5.41 Å². The molecule has 0 spiro atoms. The highest BCUT2D eigenvalue weighted by atomic mass is 79.9. The van der Waals surface area contributed by atoms with Crippen LogP contribution in [0.15, 0.2) is 46.1 Å². The SMILES string of the molecule is COC(=O)C1=C(C(C)(C)C)NC(=S)N[C@H]1/C=C/c1ccc(Br)cc1. The van der Waals surface area contributed by atoms with E-state index < -0.39 is 0 Å². The van der Waals surface area contributed by atoms with Crippen LogP contribution in [0.1, 0.15) is 26.3 Å². The van der Waals surface area contributed by atoms with E-state index in [1.165, 1.54) is 7.11 Å². The average Bonchev–Trinajstić information content (AvgIpc) is 2.52. The number of hydrogen-bond acceptors (Lipinski definition) is 3. The van der Waals surface area contributed by atoms with Crippen molar-refractivity contribution in [1.29, 1.82) is 0 Å². The second kappa shape index (κ2) is 7.49. The lowest BCUT2D eigenvalue weighted by Crippen LogP contribution is -2.51. The molecule has 1 heterocycles. The minimum absolute atomic E-state index is 0.264. The number of thiocarbonyl (C=S) groups is 1. The first-order valence-electron chi connectivity index (χ1n) is 7.56. The smallest absolute Gasteiger partial charge is 0.337 e. The van der Waals surface area contributed by atoms with E-state index in [0.717, 1.165) is 15.7 Å². The van der Waals surface area contributed by atoms with Crippen molar-refractivity contribution in [3.8, 4) is 0 Å². The fourth-order valence-electron chi connectivity index (χ4n) is 2.44. The van der Waals surface area contributed by atoms with Gasteiger partial charge in [-0.15, -0.1) is 0 Å². The summed E-state index contributed by atoms with van der Waals surface area (Å²) in [6, 6.07) is 7.58. The third kappa shape index (κ3) is 4.45. The molecule has 24 heavy (non-hydrogen) atoms. The molecule has 0 saturated heterocycles. The van der Waals surface area contributed by atoms with Gasteiger partial charge in [-0.1, -0.05) is 61.0 Å². The zero-order valence-corrected chi connectivity index (χ0v) is 16.5. The molecule has 2 rings (SSSR count). The Labute approximate surface area is 156 Å². The Balaban J connectivity index is 2.43. The van der Waals surface area contributed by atoms with Crippen molar-refractivity contribution in [2.75, 3.05) is 7.11 Å². The van der Waals surface area contributed by atoms with Crippen molar-refractivity contribution in [3.63, 3.8) is 0 Å². The van der Waals surface area contributed by atoms with Crippen molar-refractivity contribution in [2.45, 2.75) is 26.8 Å². The van der Waals surface area contributed by atoms with Gasteiger partial charge >= 0.3 is 5.97 Å². The number of ether oxygens (including phenoxy) is 1. The van der Waals surface area contributed by atoms with Gasteiger partial charge in [-0.05, 0) is 29.9 Å². The summed E-state index contributed by atoms with van der Waals surface area (Å²) in [5, 5.41) is 6.75. The molecule has 0 fully saturated rings. The predicted octanol–water partition coefficient (Wildman–Crippen LogP) is 3.78. The Morgan fingerprint density at radius 3 is 2.46 bits per heavy atom. The molecular weight excluding hydrogens is 388 g/mol. The maximum Gasteiger partial charge on any atom is 0.337 e. The molecule has 1 aliphatic heterocycles. The Morgan fingerprint density at radius 1 is 1.29 bits per heavy atom. The van der Waals surface area contributed by atoms with Gasteiger partial charge in [-0.3, -0.25) is 0 Å². The van der Waals surface area contributed by atoms with E-state index in [2.05, 4.69) is 26.6 Å². The Kier molecular flexibility index (Phi) is 5.83. The van der Waals surface area contributed by atoms with Crippen LogP contribution in [-0.2, 0) is 9.53 Å². The van der Waals surface area contributed by atoms with Gasteiger partial charge in [0.1, 0.15) is 0 Å². The second-order valence-corrected chi connectivity index (χ2v) is 7.84. The molecule has 6 heteroatoms. The zero-order chi connectivity index (χ0) is 17.9. The van der Waals surface area contributed by atoms with E-state index >= 15 is 0 Å². The fourth-order valence-corrected chi connectivity index (χ4v) is 2.94. The van der Waals surface area contributed by atoms with E-state index in [1.54, 1.807) is 0 Å². The highest BCUT2D eigenvalue weighted by molar-refractivity contribution is 9.10. The standard InChI is InChI=1S/C18H21BrN2O2S/c1-18(2,3)15-14(16(22)23-4)13(20-17(24)21-15)10-7-11-5-8-12(19)9-6-11/h5-10,13H,1-4H3,(H2,20,21,24)/b10-7+/t13-/m0/s1. The van der Waals surface area contributed by atoms with Gasteiger partial charge in [0, 0.05) is 15.6 Å². The number of benzene rings is 1. The molecule has 1 aliphatic rings. The van der Waals surface area contributed by atoms with E-state index in [0.29, 0.717) is 10.7 Å². The average molecular weight is 409 g/mol. The van der Waals surface area contributed by atoms with Crippen LogP contribution in [0.4, 0.5) is 0 Å². The summed E-state index contributed by atoms with van der Waals surface area (Å²) >= 11 is 8.72. The summed E-state index contributed by atoms with van der Waals surface area (Å²) in [5.41, 5.74) is 2.10. The highest BCUT2D eigenvalue weighted by Gasteiger charge is 2.34. The first-order valence-corrected chi connectivity index (χ1v) is 8.76. The third-order valence-corrected chi connectivity index (χ3v) is 4.36. The summed E-state index contributed by atoms with van der Waals surface area (Å²) in [6.07, 6.45) is 3.88. The molecule has 1 aromatic carbocycles. The summed E-state index contributed by atoms with van der Waals surface area (Å²) in [7, 11) is 1.39. The van der Waals surface area contributed by atoms with Crippen LogP contribution in [0.25, 0.3) is 6.08 Å². The molecule has 4 nitrogen and oxygen atoms in total. The number of carbonyl (C=O) groups is 1. The molecule has 2 N–H and O–H groups in total. The van der Waals surface area contributed by atoms with Gasteiger partial charge in [-0.2, -0.15) is 0 Å². The molecule has 1 aromatic rings. The van der Waals surface area contributed by atoms with Gasteiger partial charge < -0.3 is 15.4 Å². The second-order valence-electron chi connectivity index (χ2n) is 6.52. The Hall–Kier alpha value is -1.66. The number of carbonyl (C=O) groups excluding carboxylic acids is 1. The minimum Gasteiger partial charge on any atom is -0.466 e. The number of halogens is 1. The number of allylic oxidation sites excluding steroid dienone is 1. The normalized spacial score (nSPS) is 18.4. The van der Waals surface area contributed by atoms with Crippen molar-refractivity contribution < 1.29 is 9.53 Å². The van der Waals surface area contributed by atoms with Gasteiger partial charge in [0.25, 0.3) is 0 Å². The maximum absolute atomic E-state index is 12.4. The predicted molar refractivity (Wildman–Crippen MR) is 104 cm³/mol. The molecule has 0 aliphatic carbocycles. The summed E-state index contributed by atoms with van der Waals surface area (Å²) < 4.78 is 6.01. The molecule has 0 radical (unpaired) electrons. The summed E-state index contributed by atoms with van der Waals surface area (Å²) in [5.74, 6) is -0.368. The van der Waals surface area contributed by atoms with Crippen LogP contribution >= 0.6 is 28.1 Å². The number of hydrogen-bond donors (Lipinski definition) is 2. The fraction of sp³-hybridized carbons (Fsp3) is 0.333. The first-order chi connectivity index (χ1) is 11.2. The monoisotopic (exact) mass is 408 g/mol. The number of esters is 1. The van der Waals surface area contributed by atoms with Gasteiger partial charge in [0.15, 0.2) is 5.11 Å². The van der Waals surface area contributed by atoms with Crippen LogP contribution in [0.3, 0.4) is 0 Å². The molecule has 0 amide bonds. The Morgan fingerprint density at radius 2 is 1.92 bits per heavy atom. The van der Waals surface area contributed by atoms with Crippen molar-refractivity contribution in [2.24, 2.45) is 5.41 Å². The maximum atomic E-state index is 12.4. The van der Waals surface area contributed by atoms with Gasteiger partial charge in [-0.25, -0.2) is 4.79 Å². The van der Waals surface area contributed by atoms with Crippen molar-refractivity contribution in [3.05, 3.63) is 51.6 Å². The van der Waals surface area contributed by atoms with Crippen molar-refractivity contribution >= 4 is 45.3 Å². The van der Waals surface area contributed by atoms with E-state index in [4.69, 9.17) is 17.0 Å². The summed E-state index contributed by atoms with van der Waals surface area (Å²) in [6.45, 7) is 6.09. The number of rotatable bonds is 3. The lowest BCUT2D eigenvalue weighted by molar-refractivity contribution is -0.136. The molecule has 1 atom stereocenters. The quantitative estimate of drug-likeness (QED) is 0.588. The molecule has 0 aromatic heterocycles.